The minimum Gasteiger partial charge on any atom is -0.487 e. The lowest BCUT2D eigenvalue weighted by Gasteiger charge is -2.23. The molecule has 2 aromatic rings. The number of aryl methyl sites for hydroxylation is 2. The standard InChI is InChI=1S/C25H31F3N4O3S/c1-15(26)36-31-24(34)22-21-20(30-32(22)11-10-16-6-7-16)13-18(29-23(21)33)9-8-17-4-3-5-19(12-17)35-14-25(2,27)28/h3-5,12,15-16,18H,6-11,13-14H2,1-2H3,(H,29,33)(H,31,34)/t15?,18-/m0/s1. The Labute approximate surface area is 212 Å². The van der Waals surface area contributed by atoms with Crippen LogP contribution in [0, 0.1) is 5.92 Å². The van der Waals surface area contributed by atoms with Crippen LogP contribution in [0.25, 0.3) is 0 Å². The zero-order valence-electron chi connectivity index (χ0n) is 20.4. The number of amides is 2. The van der Waals surface area contributed by atoms with E-state index in [2.05, 4.69) is 15.1 Å². The Bertz CT molecular complexity index is 1100. The van der Waals surface area contributed by atoms with E-state index >= 15 is 0 Å². The molecule has 1 fully saturated rings. The average molecular weight is 525 g/mol. The number of ether oxygens (including phenoxy) is 1. The molecule has 36 heavy (non-hydrogen) atoms. The van der Waals surface area contributed by atoms with Crippen molar-refractivity contribution in [2.45, 2.75) is 76.4 Å². The second kappa shape index (κ2) is 11.1. The number of benzene rings is 1. The van der Waals surface area contributed by atoms with Gasteiger partial charge in [0, 0.05) is 25.9 Å². The quantitative estimate of drug-likeness (QED) is 0.393. The fourth-order valence-corrected chi connectivity index (χ4v) is 4.60. The zero-order chi connectivity index (χ0) is 25.9. The topological polar surface area (TPSA) is 85.2 Å². The van der Waals surface area contributed by atoms with Crippen LogP contribution in [0.5, 0.6) is 5.75 Å². The molecule has 0 bridgehead atoms. The highest BCUT2D eigenvalue weighted by atomic mass is 32.2. The van der Waals surface area contributed by atoms with Crippen molar-refractivity contribution in [3.8, 4) is 5.75 Å². The van der Waals surface area contributed by atoms with Crippen molar-refractivity contribution >= 4 is 23.8 Å². The Hall–Kier alpha value is -2.69. The predicted molar refractivity (Wildman–Crippen MR) is 131 cm³/mol. The van der Waals surface area contributed by atoms with Crippen LogP contribution in [-0.4, -0.2) is 45.7 Å². The molecule has 4 rings (SSSR count). The molecule has 1 aromatic carbocycles. The van der Waals surface area contributed by atoms with Gasteiger partial charge in [0.05, 0.1) is 11.3 Å². The SMILES string of the molecule is CC(F)SNC(=O)c1c2c(nn1CCC1CC1)C[C@H](CCc1cccc(OCC(C)(F)F)c1)NC2=O. The van der Waals surface area contributed by atoms with Crippen molar-refractivity contribution in [2.24, 2.45) is 5.92 Å². The number of aromatic nitrogens is 2. The molecule has 2 heterocycles. The summed E-state index contributed by atoms with van der Waals surface area (Å²) < 4.78 is 48.7. The van der Waals surface area contributed by atoms with Crippen LogP contribution in [0.3, 0.4) is 0 Å². The largest absolute Gasteiger partial charge is 0.487 e. The highest BCUT2D eigenvalue weighted by Crippen LogP contribution is 2.33. The summed E-state index contributed by atoms with van der Waals surface area (Å²) in [7, 11) is 0. The Balaban J connectivity index is 1.44. The molecule has 2 atom stereocenters. The fourth-order valence-electron chi connectivity index (χ4n) is 4.24. The van der Waals surface area contributed by atoms with Crippen LogP contribution in [0.1, 0.15) is 71.6 Å². The van der Waals surface area contributed by atoms with E-state index < -0.39 is 23.9 Å². The molecule has 0 saturated heterocycles. The van der Waals surface area contributed by atoms with Crippen molar-refractivity contribution in [1.82, 2.24) is 19.8 Å². The molecule has 1 aliphatic heterocycles. The molecule has 0 radical (unpaired) electrons. The van der Waals surface area contributed by atoms with Crippen molar-refractivity contribution in [2.75, 3.05) is 6.61 Å². The van der Waals surface area contributed by atoms with Crippen LogP contribution in [-0.2, 0) is 19.4 Å². The van der Waals surface area contributed by atoms with E-state index in [0.29, 0.717) is 55.1 Å². The van der Waals surface area contributed by atoms with Crippen LogP contribution in [0.15, 0.2) is 24.3 Å². The summed E-state index contributed by atoms with van der Waals surface area (Å²) in [6.45, 7) is 1.96. The third-order valence-electron chi connectivity index (χ3n) is 6.17. The minimum absolute atomic E-state index is 0.173. The van der Waals surface area contributed by atoms with Gasteiger partial charge in [-0.2, -0.15) is 5.10 Å². The van der Waals surface area contributed by atoms with Crippen LogP contribution < -0.4 is 14.8 Å². The zero-order valence-corrected chi connectivity index (χ0v) is 21.2. The first kappa shape index (κ1) is 26.4. The van der Waals surface area contributed by atoms with Gasteiger partial charge in [0.2, 0.25) is 0 Å². The van der Waals surface area contributed by atoms with Crippen LogP contribution in [0.2, 0.25) is 0 Å². The van der Waals surface area contributed by atoms with Gasteiger partial charge in [-0.25, -0.2) is 13.2 Å². The van der Waals surface area contributed by atoms with E-state index in [9.17, 15) is 22.8 Å². The summed E-state index contributed by atoms with van der Waals surface area (Å²) in [5.41, 5.74) is 0.604. The predicted octanol–water partition coefficient (Wildman–Crippen LogP) is 4.70. The van der Waals surface area contributed by atoms with E-state index in [1.54, 1.807) is 22.9 Å². The van der Waals surface area contributed by atoms with Crippen LogP contribution in [0.4, 0.5) is 13.2 Å². The maximum Gasteiger partial charge on any atom is 0.280 e. The maximum absolute atomic E-state index is 13.3. The van der Waals surface area contributed by atoms with Gasteiger partial charge >= 0.3 is 0 Å². The van der Waals surface area contributed by atoms with E-state index in [0.717, 1.165) is 31.7 Å². The average Bonchev–Trinajstić information content (AvgIpc) is 3.57. The second-order valence-corrected chi connectivity index (χ2v) is 10.7. The van der Waals surface area contributed by atoms with Gasteiger partial charge in [-0.3, -0.25) is 19.0 Å². The van der Waals surface area contributed by atoms with Crippen molar-refractivity contribution in [1.29, 1.82) is 0 Å². The molecule has 1 aromatic heterocycles. The lowest BCUT2D eigenvalue weighted by molar-refractivity contribution is -0.0229. The van der Waals surface area contributed by atoms with E-state index in [4.69, 9.17) is 4.74 Å². The summed E-state index contributed by atoms with van der Waals surface area (Å²) in [6, 6.07) is 6.79. The lowest BCUT2D eigenvalue weighted by Crippen LogP contribution is -2.42. The molecule has 1 aliphatic carbocycles. The van der Waals surface area contributed by atoms with Gasteiger partial charge in [-0.05, 0) is 61.7 Å². The van der Waals surface area contributed by atoms with E-state index in [1.807, 2.05) is 6.07 Å². The summed E-state index contributed by atoms with van der Waals surface area (Å²) in [5.74, 6) is -2.83. The highest BCUT2D eigenvalue weighted by Gasteiger charge is 2.35. The van der Waals surface area contributed by atoms with Crippen molar-refractivity contribution in [3.63, 3.8) is 0 Å². The fraction of sp³-hybridized carbons (Fsp3) is 0.560. The first-order chi connectivity index (χ1) is 17.1. The molecular weight excluding hydrogens is 493 g/mol. The number of alkyl halides is 3. The Kier molecular flexibility index (Phi) is 8.17. The first-order valence-corrected chi connectivity index (χ1v) is 13.1. The minimum atomic E-state index is -2.92. The number of carbonyl (C=O) groups excluding carboxylic acids is 2. The van der Waals surface area contributed by atoms with E-state index in [-0.39, 0.29) is 23.2 Å². The smallest absolute Gasteiger partial charge is 0.280 e. The van der Waals surface area contributed by atoms with Crippen LogP contribution >= 0.6 is 11.9 Å². The number of rotatable bonds is 12. The molecule has 196 valence electrons. The molecule has 2 aliphatic rings. The van der Waals surface area contributed by atoms with Gasteiger partial charge in [0.15, 0.2) is 12.1 Å². The number of nitrogens with zero attached hydrogens (tertiary/aromatic N) is 2. The molecule has 2 amide bonds. The molecule has 11 heteroatoms. The van der Waals surface area contributed by atoms with Crippen molar-refractivity contribution < 1.29 is 27.5 Å². The number of carbonyl (C=O) groups is 2. The molecular formula is C25H31F3N4O3S. The Morgan fingerprint density at radius 3 is 2.83 bits per heavy atom. The van der Waals surface area contributed by atoms with Gasteiger partial charge in [-0.15, -0.1) is 0 Å². The number of halogens is 3. The summed E-state index contributed by atoms with van der Waals surface area (Å²) in [4.78, 5) is 25.9. The number of nitrogens with one attached hydrogen (secondary N) is 2. The summed E-state index contributed by atoms with van der Waals surface area (Å²) in [5, 5.41) is 7.59. The van der Waals surface area contributed by atoms with E-state index in [1.165, 1.54) is 6.92 Å². The molecule has 1 saturated carbocycles. The normalized spacial score (nSPS) is 18.4. The highest BCUT2D eigenvalue weighted by molar-refractivity contribution is 7.98. The summed E-state index contributed by atoms with van der Waals surface area (Å²) in [6.07, 6.45) is 4.86. The molecule has 0 spiro atoms. The van der Waals surface area contributed by atoms with Crippen molar-refractivity contribution in [3.05, 3.63) is 46.8 Å². The van der Waals surface area contributed by atoms with Gasteiger partial charge in [0.1, 0.15) is 11.4 Å². The monoisotopic (exact) mass is 524 g/mol. The third kappa shape index (κ3) is 7.18. The lowest BCUT2D eigenvalue weighted by atomic mass is 9.95. The van der Waals surface area contributed by atoms with Gasteiger partial charge in [-0.1, -0.05) is 25.0 Å². The number of hydrogen-bond donors (Lipinski definition) is 2. The third-order valence-corrected chi connectivity index (χ3v) is 6.80. The molecule has 7 nitrogen and oxygen atoms in total. The first-order valence-electron chi connectivity index (χ1n) is 12.2. The maximum atomic E-state index is 13.3. The Morgan fingerprint density at radius 1 is 1.36 bits per heavy atom. The Morgan fingerprint density at radius 2 is 2.14 bits per heavy atom. The number of hydrogen-bond acceptors (Lipinski definition) is 5. The summed E-state index contributed by atoms with van der Waals surface area (Å²) >= 11 is 0.656. The van der Waals surface area contributed by atoms with Gasteiger partial charge < -0.3 is 10.1 Å². The molecule has 1 unspecified atom stereocenters. The van der Waals surface area contributed by atoms with Gasteiger partial charge in [0.25, 0.3) is 17.7 Å². The number of fused-ring (bicyclic) bond motifs is 1. The molecule has 2 N–H and O–H groups in total. The second-order valence-electron chi connectivity index (χ2n) is 9.64.